The number of nitrogens with zero attached hydrogens (tertiary/aromatic N) is 2. The molecule has 0 amide bonds. The molecule has 0 radical (unpaired) electrons. The molecule has 19 heavy (non-hydrogen) atoms. The van der Waals surface area contributed by atoms with Gasteiger partial charge in [-0.2, -0.15) is 18.3 Å². The Morgan fingerprint density at radius 1 is 1.21 bits per heavy atom. The zero-order valence-corrected chi connectivity index (χ0v) is 10.3. The number of carbonyl (C=O) groups is 1. The van der Waals surface area contributed by atoms with Crippen LogP contribution in [0.3, 0.4) is 0 Å². The summed E-state index contributed by atoms with van der Waals surface area (Å²) in [7, 11) is 1.68. The summed E-state index contributed by atoms with van der Waals surface area (Å²) in [6.45, 7) is 1.68. The van der Waals surface area contributed by atoms with E-state index in [9.17, 15) is 18.0 Å². The highest BCUT2D eigenvalue weighted by Crippen LogP contribution is 2.29. The van der Waals surface area contributed by atoms with Crippen LogP contribution >= 0.6 is 0 Å². The van der Waals surface area contributed by atoms with Crippen molar-refractivity contribution >= 4 is 5.78 Å². The third-order valence-electron chi connectivity index (χ3n) is 2.73. The predicted molar refractivity (Wildman–Crippen MR) is 62.8 cm³/mol. The number of hydrogen-bond donors (Lipinski definition) is 0. The molecule has 0 aliphatic carbocycles. The van der Waals surface area contributed by atoms with Crippen LogP contribution in [-0.4, -0.2) is 15.6 Å². The predicted octanol–water partition coefficient (Wildman–Crippen LogP) is 2.98. The van der Waals surface area contributed by atoms with E-state index in [0.717, 1.165) is 12.1 Å². The molecule has 1 aromatic carbocycles. The number of benzene rings is 1. The van der Waals surface area contributed by atoms with Crippen LogP contribution in [0, 0.1) is 6.92 Å². The van der Waals surface area contributed by atoms with Gasteiger partial charge in [-0.15, -0.1) is 0 Å². The highest BCUT2D eigenvalue weighted by atomic mass is 19.4. The van der Waals surface area contributed by atoms with Gasteiger partial charge in [0.05, 0.1) is 16.8 Å². The lowest BCUT2D eigenvalue weighted by molar-refractivity contribution is -0.137. The molecule has 1 heterocycles. The molecule has 1 aromatic heterocycles. The van der Waals surface area contributed by atoms with Gasteiger partial charge in [0.1, 0.15) is 0 Å². The van der Waals surface area contributed by atoms with Crippen LogP contribution in [0.2, 0.25) is 0 Å². The number of aromatic nitrogens is 2. The molecule has 0 saturated carbocycles. The molecule has 2 rings (SSSR count). The van der Waals surface area contributed by atoms with Crippen molar-refractivity contribution in [3.8, 4) is 0 Å². The summed E-state index contributed by atoms with van der Waals surface area (Å²) in [5.41, 5.74) is 0.380. The molecule has 0 saturated heterocycles. The van der Waals surface area contributed by atoms with Gasteiger partial charge in [0, 0.05) is 18.8 Å². The highest BCUT2D eigenvalue weighted by molar-refractivity contribution is 6.09. The summed E-state index contributed by atoms with van der Waals surface area (Å²) in [4.78, 5) is 12.1. The Balaban J connectivity index is 2.33. The van der Waals surface area contributed by atoms with Crippen LogP contribution in [0.4, 0.5) is 13.2 Å². The van der Waals surface area contributed by atoms with Crippen molar-refractivity contribution in [2.45, 2.75) is 13.1 Å². The lowest BCUT2D eigenvalue weighted by Crippen LogP contribution is -2.06. The van der Waals surface area contributed by atoms with Crippen molar-refractivity contribution in [1.82, 2.24) is 9.78 Å². The summed E-state index contributed by atoms with van der Waals surface area (Å²) < 4.78 is 38.7. The van der Waals surface area contributed by atoms with E-state index in [4.69, 9.17) is 0 Å². The monoisotopic (exact) mass is 268 g/mol. The van der Waals surface area contributed by atoms with E-state index in [1.807, 2.05) is 0 Å². The van der Waals surface area contributed by atoms with Gasteiger partial charge in [0.2, 0.25) is 0 Å². The molecule has 0 spiro atoms. The van der Waals surface area contributed by atoms with E-state index in [1.54, 1.807) is 20.2 Å². The van der Waals surface area contributed by atoms with Gasteiger partial charge in [-0.05, 0) is 19.1 Å². The number of rotatable bonds is 2. The van der Waals surface area contributed by atoms with Crippen LogP contribution in [0.5, 0.6) is 0 Å². The molecule has 6 heteroatoms. The molecule has 0 atom stereocenters. The third kappa shape index (κ3) is 2.67. The average molecular weight is 268 g/mol. The molecule has 0 aliphatic heterocycles. The number of hydrogen-bond acceptors (Lipinski definition) is 2. The van der Waals surface area contributed by atoms with E-state index < -0.39 is 11.7 Å². The second-order valence-electron chi connectivity index (χ2n) is 4.21. The van der Waals surface area contributed by atoms with Gasteiger partial charge in [0.25, 0.3) is 0 Å². The Labute approximate surface area is 107 Å². The lowest BCUT2D eigenvalue weighted by atomic mass is 10.0. The first kappa shape index (κ1) is 13.3. The second kappa shape index (κ2) is 4.53. The van der Waals surface area contributed by atoms with Crippen molar-refractivity contribution in [1.29, 1.82) is 0 Å². The van der Waals surface area contributed by atoms with Crippen LogP contribution in [-0.2, 0) is 13.2 Å². The normalized spacial score (nSPS) is 11.6. The van der Waals surface area contributed by atoms with E-state index in [-0.39, 0.29) is 11.3 Å². The van der Waals surface area contributed by atoms with Gasteiger partial charge in [-0.3, -0.25) is 9.48 Å². The fourth-order valence-corrected chi connectivity index (χ4v) is 1.79. The first-order chi connectivity index (χ1) is 8.79. The summed E-state index contributed by atoms with van der Waals surface area (Å²) in [5, 5.41) is 4.03. The van der Waals surface area contributed by atoms with Crippen molar-refractivity contribution in [2.24, 2.45) is 7.05 Å². The van der Waals surface area contributed by atoms with E-state index in [0.29, 0.717) is 11.3 Å². The molecular formula is C13H11F3N2O. The maximum atomic E-state index is 12.4. The summed E-state index contributed by atoms with van der Waals surface area (Å²) in [6.07, 6.45) is -2.85. The fraction of sp³-hybridized carbons (Fsp3) is 0.231. The molecule has 2 aromatic rings. The fourth-order valence-electron chi connectivity index (χ4n) is 1.79. The van der Waals surface area contributed by atoms with Gasteiger partial charge in [-0.25, -0.2) is 0 Å². The molecule has 0 bridgehead atoms. The quantitative estimate of drug-likeness (QED) is 0.785. The molecule has 100 valence electrons. The summed E-state index contributed by atoms with van der Waals surface area (Å²) >= 11 is 0. The van der Waals surface area contributed by atoms with Gasteiger partial charge < -0.3 is 0 Å². The Morgan fingerprint density at radius 2 is 1.79 bits per heavy atom. The molecule has 0 N–H and O–H groups in total. The second-order valence-corrected chi connectivity index (χ2v) is 4.21. The minimum Gasteiger partial charge on any atom is -0.288 e. The standard InChI is InChI=1S/C13H11F3N2O/c1-8-11(7-18(2)17-8)12(19)9-3-5-10(6-4-9)13(14,15)16/h3-7H,1-2H3. The number of aryl methyl sites for hydroxylation is 2. The highest BCUT2D eigenvalue weighted by Gasteiger charge is 2.30. The van der Waals surface area contributed by atoms with E-state index >= 15 is 0 Å². The minimum absolute atomic E-state index is 0.212. The van der Waals surface area contributed by atoms with Crippen LogP contribution in [0.1, 0.15) is 27.2 Å². The zero-order chi connectivity index (χ0) is 14.2. The lowest BCUT2D eigenvalue weighted by Gasteiger charge is -2.06. The van der Waals surface area contributed by atoms with Crippen LogP contribution in [0.15, 0.2) is 30.5 Å². The first-order valence-electron chi connectivity index (χ1n) is 5.51. The smallest absolute Gasteiger partial charge is 0.288 e. The van der Waals surface area contributed by atoms with Gasteiger partial charge in [0.15, 0.2) is 5.78 Å². The Hall–Kier alpha value is -2.11. The van der Waals surface area contributed by atoms with Crippen molar-refractivity contribution in [3.63, 3.8) is 0 Å². The van der Waals surface area contributed by atoms with Crippen LogP contribution in [0.25, 0.3) is 0 Å². The molecule has 3 nitrogen and oxygen atoms in total. The Morgan fingerprint density at radius 3 is 2.21 bits per heavy atom. The van der Waals surface area contributed by atoms with E-state index in [1.165, 1.54) is 16.8 Å². The van der Waals surface area contributed by atoms with Crippen molar-refractivity contribution in [2.75, 3.05) is 0 Å². The number of carbonyl (C=O) groups excluding carboxylic acids is 1. The third-order valence-corrected chi connectivity index (χ3v) is 2.73. The van der Waals surface area contributed by atoms with E-state index in [2.05, 4.69) is 5.10 Å². The average Bonchev–Trinajstić information content (AvgIpc) is 2.66. The zero-order valence-electron chi connectivity index (χ0n) is 10.3. The topological polar surface area (TPSA) is 34.9 Å². The maximum absolute atomic E-state index is 12.4. The largest absolute Gasteiger partial charge is 0.416 e. The van der Waals surface area contributed by atoms with Crippen molar-refractivity contribution < 1.29 is 18.0 Å². The maximum Gasteiger partial charge on any atom is 0.416 e. The first-order valence-corrected chi connectivity index (χ1v) is 5.51. The molecule has 0 unspecified atom stereocenters. The summed E-state index contributed by atoms with van der Waals surface area (Å²) in [5.74, 6) is -0.334. The Bertz CT molecular complexity index is 612. The molecular weight excluding hydrogens is 257 g/mol. The van der Waals surface area contributed by atoms with Crippen molar-refractivity contribution in [3.05, 3.63) is 52.8 Å². The van der Waals surface area contributed by atoms with Crippen LogP contribution < -0.4 is 0 Å². The molecule has 0 fully saturated rings. The number of halogens is 3. The van der Waals surface area contributed by atoms with Gasteiger partial charge in [-0.1, -0.05) is 12.1 Å². The summed E-state index contributed by atoms with van der Waals surface area (Å²) in [6, 6.07) is 4.16. The minimum atomic E-state index is -4.40. The molecule has 0 aliphatic rings. The number of ketones is 1. The Kier molecular flexibility index (Phi) is 3.18. The van der Waals surface area contributed by atoms with Gasteiger partial charge >= 0.3 is 6.18 Å². The number of alkyl halides is 3. The SMILES string of the molecule is Cc1nn(C)cc1C(=O)c1ccc(C(F)(F)F)cc1.